The number of hydrogen-bond donors (Lipinski definition) is 2. The van der Waals surface area contributed by atoms with Gasteiger partial charge in [0.15, 0.2) is 0 Å². The summed E-state index contributed by atoms with van der Waals surface area (Å²) in [4.78, 5) is 17.2. The van der Waals surface area contributed by atoms with Gasteiger partial charge in [-0.1, -0.05) is 5.21 Å². The zero-order valence-corrected chi connectivity index (χ0v) is 15.2. The Morgan fingerprint density at radius 3 is 2.81 bits per heavy atom. The molecule has 0 aromatic carbocycles. The SMILES string of the molecule is Nc1cncc(-c2cn(C3(C(=O)NC4CCCOC45CCC5)CC3)nn2)c1. The van der Waals surface area contributed by atoms with E-state index in [1.165, 1.54) is 6.42 Å². The van der Waals surface area contributed by atoms with Crippen LogP contribution >= 0.6 is 0 Å². The molecule has 2 aromatic heterocycles. The van der Waals surface area contributed by atoms with Gasteiger partial charge in [0.25, 0.3) is 0 Å². The largest absolute Gasteiger partial charge is 0.397 e. The number of carbonyl (C=O) groups is 1. The van der Waals surface area contributed by atoms with Gasteiger partial charge in [-0.15, -0.1) is 5.10 Å². The van der Waals surface area contributed by atoms with Crippen molar-refractivity contribution in [1.82, 2.24) is 25.3 Å². The molecule has 1 atom stereocenters. The molecule has 1 aliphatic heterocycles. The Bertz CT molecular complexity index is 871. The van der Waals surface area contributed by atoms with E-state index in [1.807, 2.05) is 6.20 Å². The first-order valence-corrected chi connectivity index (χ1v) is 9.70. The molecule has 2 saturated carbocycles. The van der Waals surface area contributed by atoms with E-state index < -0.39 is 5.54 Å². The lowest BCUT2D eigenvalue weighted by Gasteiger charge is -2.50. The third-order valence-corrected chi connectivity index (χ3v) is 6.30. The molecule has 0 bridgehead atoms. The van der Waals surface area contributed by atoms with E-state index in [0.29, 0.717) is 11.4 Å². The molecular weight excluding hydrogens is 344 g/mol. The van der Waals surface area contributed by atoms with E-state index in [4.69, 9.17) is 10.5 Å². The fourth-order valence-corrected chi connectivity index (χ4v) is 4.32. The van der Waals surface area contributed by atoms with E-state index in [-0.39, 0.29) is 17.6 Å². The third-order valence-electron chi connectivity index (χ3n) is 6.30. The lowest BCUT2D eigenvalue weighted by molar-refractivity contribution is -0.156. The molecule has 2 aliphatic carbocycles. The molecular formula is C19H24N6O2. The van der Waals surface area contributed by atoms with Crippen molar-refractivity contribution in [2.45, 2.75) is 62.1 Å². The summed E-state index contributed by atoms with van der Waals surface area (Å²) in [5.74, 6) is 0.0337. The van der Waals surface area contributed by atoms with Crippen LogP contribution in [0.1, 0.15) is 44.9 Å². The summed E-state index contributed by atoms with van der Waals surface area (Å²) in [7, 11) is 0. The van der Waals surface area contributed by atoms with Crippen LogP contribution in [0, 0.1) is 0 Å². The summed E-state index contributed by atoms with van der Waals surface area (Å²) in [5, 5.41) is 11.8. The summed E-state index contributed by atoms with van der Waals surface area (Å²) in [6.07, 6.45) is 11.9. The van der Waals surface area contributed by atoms with E-state index in [9.17, 15) is 4.79 Å². The number of anilines is 1. The maximum Gasteiger partial charge on any atom is 0.248 e. The van der Waals surface area contributed by atoms with Gasteiger partial charge in [0.2, 0.25) is 5.91 Å². The minimum atomic E-state index is -0.624. The van der Waals surface area contributed by atoms with Crippen LogP contribution in [0.2, 0.25) is 0 Å². The molecule has 1 amide bonds. The van der Waals surface area contributed by atoms with Crippen LogP contribution < -0.4 is 11.1 Å². The highest BCUT2D eigenvalue weighted by atomic mass is 16.5. The molecule has 8 heteroatoms. The molecule has 3 N–H and O–H groups in total. The Morgan fingerprint density at radius 1 is 1.26 bits per heavy atom. The summed E-state index contributed by atoms with van der Waals surface area (Å²) in [6, 6.07) is 1.91. The highest BCUT2D eigenvalue weighted by Crippen LogP contribution is 2.46. The smallest absolute Gasteiger partial charge is 0.248 e. The van der Waals surface area contributed by atoms with Crippen molar-refractivity contribution in [1.29, 1.82) is 0 Å². The maximum atomic E-state index is 13.1. The van der Waals surface area contributed by atoms with Crippen molar-refractivity contribution in [2.75, 3.05) is 12.3 Å². The molecule has 3 fully saturated rings. The molecule has 142 valence electrons. The second-order valence-corrected chi connectivity index (χ2v) is 8.02. The first-order chi connectivity index (χ1) is 13.1. The Morgan fingerprint density at radius 2 is 2.11 bits per heavy atom. The topological polar surface area (TPSA) is 108 Å². The fraction of sp³-hybridized carbons (Fsp3) is 0.579. The predicted molar refractivity (Wildman–Crippen MR) is 98.6 cm³/mol. The van der Waals surface area contributed by atoms with Gasteiger partial charge in [-0.25, -0.2) is 4.68 Å². The normalized spacial score (nSPS) is 25.0. The quantitative estimate of drug-likeness (QED) is 0.849. The summed E-state index contributed by atoms with van der Waals surface area (Å²) in [6.45, 7) is 0.804. The number of carbonyl (C=O) groups excluding carboxylic acids is 1. The van der Waals surface area contributed by atoms with Crippen LogP contribution in [0.3, 0.4) is 0 Å². The van der Waals surface area contributed by atoms with E-state index >= 15 is 0 Å². The molecule has 2 aromatic rings. The number of hydrogen-bond acceptors (Lipinski definition) is 6. The van der Waals surface area contributed by atoms with Crippen LogP contribution in [0.5, 0.6) is 0 Å². The number of nitrogen functional groups attached to an aromatic ring is 1. The van der Waals surface area contributed by atoms with Crippen LogP contribution in [0.4, 0.5) is 5.69 Å². The summed E-state index contributed by atoms with van der Waals surface area (Å²) < 4.78 is 7.76. The Kier molecular flexibility index (Phi) is 3.72. The zero-order valence-electron chi connectivity index (χ0n) is 15.2. The molecule has 1 saturated heterocycles. The van der Waals surface area contributed by atoms with Gasteiger partial charge in [0.05, 0.1) is 23.5 Å². The number of nitrogens with two attached hydrogens (primary N) is 1. The molecule has 1 spiro atoms. The monoisotopic (exact) mass is 368 g/mol. The Balaban J connectivity index is 1.35. The molecule has 3 heterocycles. The average molecular weight is 368 g/mol. The number of nitrogens with one attached hydrogen (secondary N) is 1. The van der Waals surface area contributed by atoms with Gasteiger partial charge in [0.1, 0.15) is 11.2 Å². The second-order valence-electron chi connectivity index (χ2n) is 8.02. The van der Waals surface area contributed by atoms with E-state index in [2.05, 4.69) is 20.6 Å². The molecule has 0 radical (unpaired) electrons. The van der Waals surface area contributed by atoms with Crippen LogP contribution in [-0.2, 0) is 15.1 Å². The number of rotatable bonds is 4. The molecule has 3 aliphatic rings. The van der Waals surface area contributed by atoms with Crippen LogP contribution in [0.15, 0.2) is 24.7 Å². The number of pyridine rings is 1. The zero-order chi connectivity index (χ0) is 18.5. The highest BCUT2D eigenvalue weighted by molar-refractivity contribution is 5.87. The summed E-state index contributed by atoms with van der Waals surface area (Å²) >= 11 is 0. The van der Waals surface area contributed by atoms with Crippen molar-refractivity contribution >= 4 is 11.6 Å². The number of aromatic nitrogens is 4. The van der Waals surface area contributed by atoms with Crippen molar-refractivity contribution < 1.29 is 9.53 Å². The Labute approximate surface area is 157 Å². The van der Waals surface area contributed by atoms with Crippen molar-refractivity contribution in [3.8, 4) is 11.3 Å². The van der Waals surface area contributed by atoms with Crippen molar-refractivity contribution in [3.63, 3.8) is 0 Å². The minimum absolute atomic E-state index is 0.0337. The van der Waals surface area contributed by atoms with E-state index in [0.717, 1.165) is 50.7 Å². The van der Waals surface area contributed by atoms with Gasteiger partial charge in [-0.05, 0) is 51.0 Å². The first kappa shape index (κ1) is 16.7. The standard InChI is InChI=1S/C19H24N6O2/c20-14-9-13(10-21-11-14)15-12-25(24-23-15)18(6-7-18)17(26)22-16-3-1-8-27-19(16)4-2-5-19/h9-12,16H,1-8,20H2,(H,22,26). The van der Waals surface area contributed by atoms with Crippen LogP contribution in [-0.4, -0.2) is 44.1 Å². The predicted octanol–water partition coefficient (Wildman–Crippen LogP) is 1.63. The maximum absolute atomic E-state index is 13.1. The summed E-state index contributed by atoms with van der Waals surface area (Å²) in [5.41, 5.74) is 7.09. The number of nitrogens with zero attached hydrogens (tertiary/aromatic N) is 4. The Hall–Kier alpha value is -2.48. The van der Waals surface area contributed by atoms with Gasteiger partial charge in [-0.3, -0.25) is 9.78 Å². The number of amides is 1. The minimum Gasteiger partial charge on any atom is -0.397 e. The number of ether oxygens (including phenoxy) is 1. The van der Waals surface area contributed by atoms with Gasteiger partial charge < -0.3 is 15.8 Å². The third kappa shape index (κ3) is 2.70. The average Bonchev–Trinajstić information content (AvgIpc) is 3.31. The van der Waals surface area contributed by atoms with Crippen molar-refractivity contribution in [2.24, 2.45) is 0 Å². The molecule has 8 nitrogen and oxygen atoms in total. The van der Waals surface area contributed by atoms with E-state index in [1.54, 1.807) is 23.1 Å². The van der Waals surface area contributed by atoms with Gasteiger partial charge >= 0.3 is 0 Å². The van der Waals surface area contributed by atoms with Gasteiger partial charge in [-0.2, -0.15) is 0 Å². The molecule has 5 rings (SSSR count). The highest BCUT2D eigenvalue weighted by Gasteiger charge is 2.55. The van der Waals surface area contributed by atoms with Crippen LogP contribution in [0.25, 0.3) is 11.3 Å². The molecule has 27 heavy (non-hydrogen) atoms. The fourth-order valence-electron chi connectivity index (χ4n) is 4.32. The molecule has 1 unspecified atom stereocenters. The van der Waals surface area contributed by atoms with Crippen molar-refractivity contribution in [3.05, 3.63) is 24.7 Å². The van der Waals surface area contributed by atoms with Gasteiger partial charge in [0, 0.05) is 24.6 Å². The lowest BCUT2D eigenvalue weighted by Crippen LogP contribution is -2.61. The first-order valence-electron chi connectivity index (χ1n) is 9.70. The second kappa shape index (κ2) is 6.02. The lowest BCUT2D eigenvalue weighted by atomic mass is 9.71.